The molecular weight excluding hydrogens is 340 g/mol. The summed E-state index contributed by atoms with van der Waals surface area (Å²) in [5, 5.41) is -0.0320. The van der Waals surface area contributed by atoms with Crippen LogP contribution in [0.2, 0.25) is 5.28 Å². The van der Waals surface area contributed by atoms with Gasteiger partial charge < -0.3 is 0 Å². The van der Waals surface area contributed by atoms with Crippen LogP contribution in [0.4, 0.5) is 0 Å². The Morgan fingerprint density at radius 3 is 2.19 bits per heavy atom. The number of hydrogen-bond donors (Lipinski definition) is 1. The SMILES string of the molecule is CS(=O)(=O)N1CCC(NS(=O)(=O)c2cnc(Cl)nc2)CC1. The van der Waals surface area contributed by atoms with Crippen molar-refractivity contribution in [2.75, 3.05) is 19.3 Å². The van der Waals surface area contributed by atoms with Gasteiger partial charge in [0.05, 0.1) is 18.6 Å². The molecule has 8 nitrogen and oxygen atoms in total. The van der Waals surface area contributed by atoms with Crippen LogP contribution in [0.25, 0.3) is 0 Å². The van der Waals surface area contributed by atoms with Crippen LogP contribution in [-0.4, -0.2) is 56.5 Å². The maximum absolute atomic E-state index is 12.1. The number of aromatic nitrogens is 2. The van der Waals surface area contributed by atoms with Gasteiger partial charge in [0.1, 0.15) is 4.90 Å². The van der Waals surface area contributed by atoms with E-state index in [4.69, 9.17) is 11.6 Å². The minimum absolute atomic E-state index is 0.0320. The lowest BCUT2D eigenvalue weighted by Crippen LogP contribution is -2.46. The number of halogens is 1. The number of hydrogen-bond acceptors (Lipinski definition) is 6. The third-order valence-electron chi connectivity index (χ3n) is 3.15. The largest absolute Gasteiger partial charge is 0.243 e. The highest BCUT2D eigenvalue weighted by Crippen LogP contribution is 2.16. The van der Waals surface area contributed by atoms with Crippen LogP contribution in [0.1, 0.15) is 12.8 Å². The molecule has 0 aliphatic carbocycles. The molecule has 1 N–H and O–H groups in total. The fourth-order valence-corrected chi connectivity index (χ4v) is 4.20. The van der Waals surface area contributed by atoms with Gasteiger partial charge in [0.2, 0.25) is 25.3 Å². The van der Waals surface area contributed by atoms with Gasteiger partial charge in [0, 0.05) is 19.1 Å². The monoisotopic (exact) mass is 354 g/mol. The second kappa shape index (κ2) is 6.13. The van der Waals surface area contributed by atoms with Crippen LogP contribution in [0, 0.1) is 0 Å². The number of nitrogens with zero attached hydrogens (tertiary/aromatic N) is 3. The molecule has 2 heterocycles. The van der Waals surface area contributed by atoms with E-state index in [0.717, 1.165) is 18.6 Å². The van der Waals surface area contributed by atoms with E-state index >= 15 is 0 Å². The number of sulfonamides is 2. The van der Waals surface area contributed by atoms with E-state index in [9.17, 15) is 16.8 Å². The maximum atomic E-state index is 12.1. The van der Waals surface area contributed by atoms with Gasteiger partial charge in [-0.15, -0.1) is 0 Å². The maximum Gasteiger partial charge on any atom is 0.243 e. The lowest BCUT2D eigenvalue weighted by Gasteiger charge is -2.30. The van der Waals surface area contributed by atoms with Crippen LogP contribution in [-0.2, 0) is 20.0 Å². The molecule has 21 heavy (non-hydrogen) atoms. The Hall–Kier alpha value is -0.810. The molecule has 1 fully saturated rings. The Morgan fingerprint density at radius 1 is 1.19 bits per heavy atom. The smallest absolute Gasteiger partial charge is 0.225 e. The van der Waals surface area contributed by atoms with E-state index in [1.807, 2.05) is 0 Å². The van der Waals surface area contributed by atoms with Crippen LogP contribution < -0.4 is 4.72 Å². The number of nitrogens with one attached hydrogen (secondary N) is 1. The summed E-state index contributed by atoms with van der Waals surface area (Å²) in [6.45, 7) is 0.590. The molecular formula is C10H15ClN4O4S2. The zero-order chi connectivity index (χ0) is 15.7. The molecule has 1 saturated heterocycles. The minimum Gasteiger partial charge on any atom is -0.225 e. The van der Waals surface area contributed by atoms with Crippen molar-refractivity contribution in [2.24, 2.45) is 0 Å². The summed E-state index contributed by atoms with van der Waals surface area (Å²) in [6.07, 6.45) is 4.23. The van der Waals surface area contributed by atoms with Gasteiger partial charge in [-0.05, 0) is 24.4 Å². The first-order valence-electron chi connectivity index (χ1n) is 6.13. The van der Waals surface area contributed by atoms with E-state index < -0.39 is 20.0 Å². The van der Waals surface area contributed by atoms with E-state index in [0.29, 0.717) is 25.9 Å². The van der Waals surface area contributed by atoms with Crippen LogP contribution in [0.15, 0.2) is 17.3 Å². The van der Waals surface area contributed by atoms with Gasteiger partial charge >= 0.3 is 0 Å². The first kappa shape index (κ1) is 16.6. The first-order valence-corrected chi connectivity index (χ1v) is 9.84. The van der Waals surface area contributed by atoms with Crippen LogP contribution in [0.3, 0.4) is 0 Å². The Morgan fingerprint density at radius 2 is 1.71 bits per heavy atom. The van der Waals surface area contributed by atoms with Crippen molar-refractivity contribution in [3.63, 3.8) is 0 Å². The highest BCUT2D eigenvalue weighted by atomic mass is 35.5. The topological polar surface area (TPSA) is 109 Å². The molecule has 1 aromatic heterocycles. The van der Waals surface area contributed by atoms with E-state index in [2.05, 4.69) is 14.7 Å². The van der Waals surface area contributed by atoms with Crippen molar-refractivity contribution in [3.05, 3.63) is 17.7 Å². The Balaban J connectivity index is 2.01. The predicted molar refractivity (Wildman–Crippen MR) is 76.8 cm³/mol. The fraction of sp³-hybridized carbons (Fsp3) is 0.600. The van der Waals surface area contributed by atoms with Crippen molar-refractivity contribution in [1.82, 2.24) is 19.0 Å². The number of rotatable bonds is 4. The Bertz CT molecular complexity index is 697. The van der Waals surface area contributed by atoms with Crippen LogP contribution in [0.5, 0.6) is 0 Å². The highest BCUT2D eigenvalue weighted by Gasteiger charge is 2.28. The molecule has 1 aliphatic heterocycles. The van der Waals surface area contributed by atoms with Gasteiger partial charge in [-0.1, -0.05) is 0 Å². The third kappa shape index (κ3) is 4.33. The molecule has 0 aromatic carbocycles. The average Bonchev–Trinajstić information content (AvgIpc) is 2.38. The molecule has 0 atom stereocenters. The zero-order valence-corrected chi connectivity index (χ0v) is 13.6. The molecule has 118 valence electrons. The standard InChI is InChI=1S/C10H15ClN4O4S2/c1-20(16,17)15-4-2-8(3-5-15)14-21(18,19)9-6-12-10(11)13-7-9/h6-8,14H,2-5H2,1H3. The Kier molecular flexibility index (Phi) is 4.83. The Labute approximate surface area is 128 Å². The normalized spacial score (nSPS) is 18.8. The first-order chi connectivity index (χ1) is 9.68. The molecule has 0 saturated carbocycles. The average molecular weight is 355 g/mol. The molecule has 0 amide bonds. The molecule has 0 spiro atoms. The molecule has 0 radical (unpaired) electrons. The lowest BCUT2D eigenvalue weighted by atomic mass is 10.1. The van der Waals surface area contributed by atoms with Crippen molar-refractivity contribution < 1.29 is 16.8 Å². The summed E-state index contributed by atoms with van der Waals surface area (Å²) in [6, 6.07) is -0.316. The second-order valence-corrected chi connectivity index (χ2v) is 8.78. The summed E-state index contributed by atoms with van der Waals surface area (Å²) in [5.41, 5.74) is 0. The quantitative estimate of drug-likeness (QED) is 0.752. The summed E-state index contributed by atoms with van der Waals surface area (Å²) in [7, 11) is -6.96. The van der Waals surface area contributed by atoms with Gasteiger partial charge in [0.25, 0.3) is 0 Å². The molecule has 0 bridgehead atoms. The molecule has 1 aromatic rings. The van der Waals surface area contributed by atoms with E-state index in [1.54, 1.807) is 0 Å². The summed E-state index contributed by atoms with van der Waals surface area (Å²) in [5.74, 6) is 0. The minimum atomic E-state index is -3.73. The predicted octanol–water partition coefficient (Wildman–Crippen LogP) is -0.168. The number of piperidine rings is 1. The summed E-state index contributed by atoms with van der Waals surface area (Å²) >= 11 is 5.51. The van der Waals surface area contributed by atoms with Gasteiger partial charge in [-0.25, -0.2) is 35.8 Å². The van der Waals surface area contributed by atoms with Gasteiger partial charge in [0.15, 0.2) is 0 Å². The van der Waals surface area contributed by atoms with E-state index in [1.165, 1.54) is 4.31 Å². The van der Waals surface area contributed by atoms with Crippen LogP contribution >= 0.6 is 11.6 Å². The van der Waals surface area contributed by atoms with Crippen molar-refractivity contribution >= 4 is 31.6 Å². The lowest BCUT2D eigenvalue weighted by molar-refractivity contribution is 0.310. The zero-order valence-electron chi connectivity index (χ0n) is 11.2. The third-order valence-corrected chi connectivity index (χ3v) is 6.13. The van der Waals surface area contributed by atoms with Gasteiger partial charge in [-0.2, -0.15) is 0 Å². The summed E-state index contributed by atoms with van der Waals surface area (Å²) < 4.78 is 50.9. The molecule has 0 unspecified atom stereocenters. The van der Waals surface area contributed by atoms with Crippen molar-refractivity contribution in [3.8, 4) is 0 Å². The second-order valence-electron chi connectivity index (χ2n) is 4.75. The fourth-order valence-electron chi connectivity index (χ4n) is 2.03. The van der Waals surface area contributed by atoms with Crippen molar-refractivity contribution in [2.45, 2.75) is 23.8 Å². The molecule has 1 aliphatic rings. The van der Waals surface area contributed by atoms with Gasteiger partial charge in [-0.3, -0.25) is 0 Å². The van der Waals surface area contributed by atoms with E-state index in [-0.39, 0.29) is 16.2 Å². The molecule has 11 heteroatoms. The molecule has 2 rings (SSSR count). The van der Waals surface area contributed by atoms with Crippen molar-refractivity contribution in [1.29, 1.82) is 0 Å². The summed E-state index contributed by atoms with van der Waals surface area (Å²) in [4.78, 5) is 7.19. The highest BCUT2D eigenvalue weighted by molar-refractivity contribution is 7.89.